The van der Waals surface area contributed by atoms with Crippen molar-refractivity contribution in [2.75, 3.05) is 18.9 Å². The van der Waals surface area contributed by atoms with Gasteiger partial charge in [0.25, 0.3) is 0 Å². The fourth-order valence-corrected chi connectivity index (χ4v) is 4.82. The Bertz CT molecular complexity index is 1380. The van der Waals surface area contributed by atoms with Crippen LogP contribution in [0.25, 0.3) is 11.2 Å². The van der Waals surface area contributed by atoms with E-state index in [0.717, 1.165) is 0 Å². The average Bonchev–Trinajstić information content (AvgIpc) is 3.37. The molecule has 190 valence electrons. The van der Waals surface area contributed by atoms with Crippen LogP contribution >= 0.6 is 0 Å². The Morgan fingerprint density at radius 2 is 1.43 bits per heavy atom. The van der Waals surface area contributed by atoms with Gasteiger partial charge in [0.1, 0.15) is 11.8 Å². The number of hydrogen-bond donors (Lipinski definition) is 2. The third kappa shape index (κ3) is 5.29. The summed E-state index contributed by atoms with van der Waals surface area (Å²) in [7, 11) is 0. The molecule has 10 nitrogen and oxygen atoms in total. The molecule has 0 spiro atoms. The SMILES string of the molecule is Nc1ncnc2c1ncn2C1CC(COC(=O)c2ccccc2)C(COC(=O)c2ccccc2)CC1O. The molecule has 0 amide bonds. The number of esters is 2. The van der Waals surface area contributed by atoms with Crippen LogP contribution in [0.15, 0.2) is 73.3 Å². The number of nitrogen functional groups attached to an aromatic ring is 1. The van der Waals surface area contributed by atoms with Crippen LogP contribution in [0.4, 0.5) is 5.82 Å². The molecular formula is C27H27N5O5. The van der Waals surface area contributed by atoms with Gasteiger partial charge >= 0.3 is 11.9 Å². The van der Waals surface area contributed by atoms with Crippen LogP contribution in [-0.4, -0.2) is 55.9 Å². The van der Waals surface area contributed by atoms with Gasteiger partial charge in [-0.3, -0.25) is 0 Å². The number of nitrogens with two attached hydrogens (primary N) is 1. The summed E-state index contributed by atoms with van der Waals surface area (Å²) in [6, 6.07) is 17.1. The fourth-order valence-electron chi connectivity index (χ4n) is 4.82. The number of aromatic nitrogens is 4. The zero-order chi connectivity index (χ0) is 25.8. The third-order valence-electron chi connectivity index (χ3n) is 6.82. The zero-order valence-electron chi connectivity index (χ0n) is 20.0. The quantitative estimate of drug-likeness (QED) is 0.365. The first-order valence-corrected chi connectivity index (χ1v) is 12.1. The molecule has 4 aromatic rings. The minimum atomic E-state index is -0.768. The molecule has 4 unspecified atom stereocenters. The first-order valence-electron chi connectivity index (χ1n) is 12.1. The molecule has 0 bridgehead atoms. The smallest absolute Gasteiger partial charge is 0.338 e. The molecule has 5 rings (SSSR count). The standard InChI is InChI=1S/C27H27N5O5/c28-24-23-25(30-15-29-24)32(16-31-23)21-11-19(13-36-26(34)17-7-3-1-4-8-17)20(12-22(21)33)14-37-27(35)18-9-5-2-6-10-18/h1-10,15-16,19-22,33H,11-14H2,(H2,28,29,30). The Hall–Kier alpha value is -4.31. The van der Waals surface area contributed by atoms with Crippen molar-refractivity contribution in [2.24, 2.45) is 11.8 Å². The zero-order valence-corrected chi connectivity index (χ0v) is 20.0. The highest BCUT2D eigenvalue weighted by Gasteiger charge is 2.39. The van der Waals surface area contributed by atoms with E-state index in [1.165, 1.54) is 6.33 Å². The van der Waals surface area contributed by atoms with Gasteiger partial charge in [0.2, 0.25) is 0 Å². The highest BCUT2D eigenvalue weighted by molar-refractivity contribution is 5.89. The van der Waals surface area contributed by atoms with Crippen molar-refractivity contribution in [1.29, 1.82) is 0 Å². The minimum Gasteiger partial charge on any atom is -0.462 e. The summed E-state index contributed by atoms with van der Waals surface area (Å²) in [5.41, 5.74) is 7.82. The van der Waals surface area contributed by atoms with E-state index < -0.39 is 18.0 Å². The number of imidazole rings is 1. The normalized spacial score (nSPS) is 21.4. The molecule has 2 aromatic heterocycles. The molecule has 1 saturated carbocycles. The lowest BCUT2D eigenvalue weighted by molar-refractivity contribution is -0.0294. The predicted octanol–water partition coefficient (Wildman–Crippen LogP) is 3.05. The Morgan fingerprint density at radius 1 is 0.865 bits per heavy atom. The number of carbonyl (C=O) groups is 2. The largest absolute Gasteiger partial charge is 0.462 e. The number of ether oxygens (including phenoxy) is 2. The second-order valence-electron chi connectivity index (χ2n) is 9.14. The lowest BCUT2D eigenvalue weighted by Gasteiger charge is -2.39. The van der Waals surface area contributed by atoms with Crippen LogP contribution < -0.4 is 5.73 Å². The average molecular weight is 502 g/mol. The summed E-state index contributed by atoms with van der Waals surface area (Å²) in [5.74, 6) is -1.03. The van der Waals surface area contributed by atoms with E-state index in [2.05, 4.69) is 15.0 Å². The van der Waals surface area contributed by atoms with Crippen LogP contribution in [-0.2, 0) is 9.47 Å². The van der Waals surface area contributed by atoms with Crippen LogP contribution in [0, 0.1) is 11.8 Å². The van der Waals surface area contributed by atoms with E-state index in [4.69, 9.17) is 15.2 Å². The van der Waals surface area contributed by atoms with Crippen LogP contribution in [0.3, 0.4) is 0 Å². The lowest BCUT2D eigenvalue weighted by Crippen LogP contribution is -2.41. The number of hydrogen-bond acceptors (Lipinski definition) is 9. The first kappa shape index (κ1) is 24.4. The van der Waals surface area contributed by atoms with Gasteiger partial charge in [-0.2, -0.15) is 0 Å². The number of nitrogens with zero attached hydrogens (tertiary/aromatic N) is 4. The van der Waals surface area contributed by atoms with E-state index >= 15 is 0 Å². The van der Waals surface area contributed by atoms with Crippen LogP contribution in [0.5, 0.6) is 0 Å². The minimum absolute atomic E-state index is 0.0882. The van der Waals surface area contributed by atoms with E-state index in [9.17, 15) is 14.7 Å². The maximum atomic E-state index is 12.6. The molecule has 1 aliphatic rings. The topological polar surface area (TPSA) is 142 Å². The van der Waals surface area contributed by atoms with Gasteiger partial charge in [0.15, 0.2) is 11.5 Å². The molecule has 2 aromatic carbocycles. The Kier molecular flexibility index (Phi) is 7.09. The monoisotopic (exact) mass is 501 g/mol. The number of rotatable bonds is 7. The third-order valence-corrected chi connectivity index (χ3v) is 6.82. The maximum Gasteiger partial charge on any atom is 0.338 e. The molecule has 0 saturated heterocycles. The van der Waals surface area contributed by atoms with Crippen LogP contribution in [0.1, 0.15) is 39.6 Å². The number of carbonyl (C=O) groups excluding carboxylic acids is 2. The molecule has 1 aliphatic carbocycles. The summed E-state index contributed by atoms with van der Waals surface area (Å²) < 4.78 is 13.1. The molecule has 1 fully saturated rings. The predicted molar refractivity (Wildman–Crippen MR) is 134 cm³/mol. The Labute approximate surface area is 213 Å². The van der Waals surface area contributed by atoms with E-state index in [1.807, 2.05) is 12.1 Å². The van der Waals surface area contributed by atoms with Gasteiger partial charge in [-0.1, -0.05) is 36.4 Å². The van der Waals surface area contributed by atoms with Gasteiger partial charge in [-0.05, 0) is 37.1 Å². The second kappa shape index (κ2) is 10.8. The number of anilines is 1. The maximum absolute atomic E-state index is 12.6. The summed E-state index contributed by atoms with van der Waals surface area (Å²) in [4.78, 5) is 37.8. The fraction of sp³-hybridized carbons (Fsp3) is 0.296. The van der Waals surface area contributed by atoms with E-state index in [-0.39, 0.29) is 36.9 Å². The van der Waals surface area contributed by atoms with Crippen molar-refractivity contribution in [3.05, 3.63) is 84.4 Å². The van der Waals surface area contributed by atoms with Crippen LogP contribution in [0.2, 0.25) is 0 Å². The number of fused-ring (bicyclic) bond motifs is 1. The molecular weight excluding hydrogens is 474 g/mol. The summed E-state index contributed by atoms with van der Waals surface area (Å²) in [6.07, 6.45) is 2.96. The van der Waals surface area contributed by atoms with Crippen molar-refractivity contribution in [3.63, 3.8) is 0 Å². The van der Waals surface area contributed by atoms with E-state index in [0.29, 0.717) is 35.1 Å². The van der Waals surface area contributed by atoms with Crippen molar-refractivity contribution < 1.29 is 24.2 Å². The number of aliphatic hydroxyl groups is 1. The molecule has 37 heavy (non-hydrogen) atoms. The van der Waals surface area contributed by atoms with Crippen molar-refractivity contribution >= 4 is 28.9 Å². The molecule has 4 atom stereocenters. The van der Waals surface area contributed by atoms with Gasteiger partial charge in [-0.25, -0.2) is 24.5 Å². The van der Waals surface area contributed by atoms with Crippen molar-refractivity contribution in [3.8, 4) is 0 Å². The lowest BCUT2D eigenvalue weighted by atomic mass is 9.76. The molecule has 0 aliphatic heterocycles. The highest BCUT2D eigenvalue weighted by atomic mass is 16.5. The molecule has 3 N–H and O–H groups in total. The summed E-state index contributed by atoms with van der Waals surface area (Å²) in [6.45, 7) is 0.194. The van der Waals surface area contributed by atoms with Gasteiger partial charge in [-0.15, -0.1) is 0 Å². The summed E-state index contributed by atoms with van der Waals surface area (Å²) >= 11 is 0. The number of benzene rings is 2. The molecule has 10 heteroatoms. The molecule has 2 heterocycles. The second-order valence-corrected chi connectivity index (χ2v) is 9.14. The first-order chi connectivity index (χ1) is 18.0. The van der Waals surface area contributed by atoms with Gasteiger partial charge in [0.05, 0.1) is 42.8 Å². The van der Waals surface area contributed by atoms with Gasteiger partial charge < -0.3 is 24.9 Å². The van der Waals surface area contributed by atoms with E-state index in [1.54, 1.807) is 59.4 Å². The van der Waals surface area contributed by atoms with Crippen molar-refractivity contribution in [1.82, 2.24) is 19.5 Å². The Morgan fingerprint density at radius 3 is 2.03 bits per heavy atom. The highest BCUT2D eigenvalue weighted by Crippen LogP contribution is 2.39. The van der Waals surface area contributed by atoms with Crippen molar-refractivity contribution in [2.45, 2.75) is 25.0 Å². The summed E-state index contributed by atoms with van der Waals surface area (Å²) in [5, 5.41) is 11.1. The number of aliphatic hydroxyl groups excluding tert-OH is 1. The molecule has 0 radical (unpaired) electrons. The Balaban J connectivity index is 1.35. The van der Waals surface area contributed by atoms with Gasteiger partial charge in [0, 0.05) is 11.8 Å².